The maximum absolute atomic E-state index is 13.5. The van der Waals surface area contributed by atoms with Crippen molar-refractivity contribution < 1.29 is 24.1 Å². The molecule has 3 aromatic rings. The third-order valence-corrected chi connectivity index (χ3v) is 6.31. The minimum Gasteiger partial charge on any atom is -0.508 e. The number of ether oxygens (including phenoxy) is 3. The second kappa shape index (κ2) is 7.69. The highest BCUT2D eigenvalue weighted by Crippen LogP contribution is 2.38. The number of rotatable bonds is 3. The molecule has 0 saturated carbocycles. The number of carbonyl (C=O) groups excluding carboxylic acids is 1. The quantitative estimate of drug-likeness (QED) is 0.612. The van der Waals surface area contributed by atoms with Gasteiger partial charge in [0.05, 0.1) is 29.0 Å². The van der Waals surface area contributed by atoms with Crippen molar-refractivity contribution in [3.63, 3.8) is 0 Å². The SMILES string of the molecule is COC(=O)C1=C(C)N=c2sc(=Cc3ccc(O)cc3)c(=O)n2C1c1ccc2c(c1)OCO2. The summed E-state index contributed by atoms with van der Waals surface area (Å²) in [6.45, 7) is 1.84. The number of allylic oxidation sites excluding steroid dienone is 1. The van der Waals surface area contributed by atoms with Gasteiger partial charge in [-0.2, -0.15) is 0 Å². The molecule has 9 heteroatoms. The van der Waals surface area contributed by atoms with Gasteiger partial charge < -0.3 is 19.3 Å². The molecule has 2 aliphatic rings. The van der Waals surface area contributed by atoms with Crippen LogP contribution in [0.25, 0.3) is 6.08 Å². The normalized spacial score (nSPS) is 17.2. The molecule has 162 valence electrons. The van der Waals surface area contributed by atoms with E-state index in [0.29, 0.717) is 32.1 Å². The van der Waals surface area contributed by atoms with Crippen LogP contribution in [0.3, 0.4) is 0 Å². The molecule has 1 N–H and O–H groups in total. The van der Waals surface area contributed by atoms with Crippen molar-refractivity contribution in [2.24, 2.45) is 4.99 Å². The third-order valence-electron chi connectivity index (χ3n) is 5.33. The lowest BCUT2D eigenvalue weighted by Crippen LogP contribution is -2.39. The van der Waals surface area contributed by atoms with E-state index in [0.717, 1.165) is 5.56 Å². The molecule has 0 amide bonds. The number of aromatic nitrogens is 1. The van der Waals surface area contributed by atoms with Crippen LogP contribution in [0.1, 0.15) is 24.1 Å². The molecule has 32 heavy (non-hydrogen) atoms. The Morgan fingerprint density at radius 1 is 1.22 bits per heavy atom. The molecule has 0 aliphatic carbocycles. The summed E-state index contributed by atoms with van der Waals surface area (Å²) in [6, 6.07) is 11.1. The molecular weight excluding hydrogens is 432 g/mol. The van der Waals surface area contributed by atoms with Gasteiger partial charge in [0.15, 0.2) is 16.3 Å². The molecule has 0 fully saturated rings. The molecule has 0 saturated heterocycles. The largest absolute Gasteiger partial charge is 0.508 e. The number of carbonyl (C=O) groups is 1. The zero-order valence-corrected chi connectivity index (χ0v) is 18.0. The molecule has 0 radical (unpaired) electrons. The van der Waals surface area contributed by atoms with Crippen molar-refractivity contribution in [2.45, 2.75) is 13.0 Å². The van der Waals surface area contributed by atoms with Gasteiger partial charge >= 0.3 is 5.97 Å². The van der Waals surface area contributed by atoms with E-state index in [9.17, 15) is 14.7 Å². The van der Waals surface area contributed by atoms with Crippen LogP contribution in [0.4, 0.5) is 0 Å². The number of hydrogen-bond acceptors (Lipinski definition) is 8. The van der Waals surface area contributed by atoms with Gasteiger partial charge in [-0.1, -0.05) is 29.5 Å². The molecule has 1 unspecified atom stereocenters. The lowest BCUT2D eigenvalue weighted by molar-refractivity contribution is -0.136. The number of nitrogens with zero attached hydrogens (tertiary/aromatic N) is 2. The number of phenols is 1. The summed E-state index contributed by atoms with van der Waals surface area (Å²) in [5.74, 6) is 0.743. The van der Waals surface area contributed by atoms with Crippen molar-refractivity contribution in [2.75, 3.05) is 13.9 Å². The molecule has 2 aromatic carbocycles. The monoisotopic (exact) mass is 450 g/mol. The van der Waals surface area contributed by atoms with Crippen molar-refractivity contribution >= 4 is 23.4 Å². The van der Waals surface area contributed by atoms with Gasteiger partial charge in [-0.15, -0.1) is 0 Å². The van der Waals surface area contributed by atoms with Gasteiger partial charge in [0.1, 0.15) is 5.75 Å². The number of fused-ring (bicyclic) bond motifs is 2. The van der Waals surface area contributed by atoms with Crippen LogP contribution in [-0.2, 0) is 9.53 Å². The predicted octanol–water partition coefficient (Wildman–Crippen LogP) is 1.84. The zero-order chi connectivity index (χ0) is 22.4. The predicted molar refractivity (Wildman–Crippen MR) is 116 cm³/mol. The van der Waals surface area contributed by atoms with Gasteiger partial charge in [0.2, 0.25) is 6.79 Å². The van der Waals surface area contributed by atoms with Crippen molar-refractivity contribution in [1.82, 2.24) is 4.57 Å². The van der Waals surface area contributed by atoms with Crippen LogP contribution in [0.2, 0.25) is 0 Å². The summed E-state index contributed by atoms with van der Waals surface area (Å²) in [5, 5.41) is 9.51. The summed E-state index contributed by atoms with van der Waals surface area (Å²) in [4.78, 5) is 31.2. The fourth-order valence-corrected chi connectivity index (χ4v) is 4.86. The Morgan fingerprint density at radius 3 is 2.72 bits per heavy atom. The third kappa shape index (κ3) is 3.27. The summed E-state index contributed by atoms with van der Waals surface area (Å²) >= 11 is 1.23. The molecule has 0 spiro atoms. The Labute approximate surface area is 185 Å². The van der Waals surface area contributed by atoms with E-state index in [1.807, 2.05) is 0 Å². The molecule has 8 nitrogen and oxygen atoms in total. The van der Waals surface area contributed by atoms with E-state index in [1.54, 1.807) is 55.5 Å². The van der Waals surface area contributed by atoms with E-state index >= 15 is 0 Å². The van der Waals surface area contributed by atoms with E-state index in [4.69, 9.17) is 14.2 Å². The second-order valence-electron chi connectivity index (χ2n) is 7.28. The van der Waals surface area contributed by atoms with Gasteiger partial charge in [0, 0.05) is 0 Å². The van der Waals surface area contributed by atoms with Gasteiger partial charge in [-0.3, -0.25) is 9.36 Å². The van der Waals surface area contributed by atoms with E-state index in [-0.39, 0.29) is 23.7 Å². The highest BCUT2D eigenvalue weighted by atomic mass is 32.1. The van der Waals surface area contributed by atoms with E-state index in [1.165, 1.54) is 23.0 Å². The topological polar surface area (TPSA) is 99.4 Å². The highest BCUT2D eigenvalue weighted by molar-refractivity contribution is 7.07. The number of thiazole rings is 1. The average Bonchev–Trinajstić information content (AvgIpc) is 3.37. The van der Waals surface area contributed by atoms with Gasteiger partial charge in [-0.05, 0) is 48.4 Å². The molecule has 3 heterocycles. The van der Waals surface area contributed by atoms with Crippen molar-refractivity contribution in [3.05, 3.63) is 84.5 Å². The Kier molecular flexibility index (Phi) is 4.82. The fourth-order valence-electron chi connectivity index (χ4n) is 3.81. The zero-order valence-electron chi connectivity index (χ0n) is 17.2. The minimum absolute atomic E-state index is 0.118. The first-order valence-electron chi connectivity index (χ1n) is 9.75. The van der Waals surface area contributed by atoms with E-state index in [2.05, 4.69) is 4.99 Å². The maximum Gasteiger partial charge on any atom is 0.338 e. The highest BCUT2D eigenvalue weighted by Gasteiger charge is 2.34. The van der Waals surface area contributed by atoms with Crippen LogP contribution in [0, 0.1) is 0 Å². The summed E-state index contributed by atoms with van der Waals surface area (Å²) in [5.41, 5.74) is 1.93. The summed E-state index contributed by atoms with van der Waals surface area (Å²) in [7, 11) is 1.30. The first-order valence-corrected chi connectivity index (χ1v) is 10.6. The maximum atomic E-state index is 13.5. The first kappa shape index (κ1) is 20.1. The molecular formula is C23H18N2O6S. The average molecular weight is 450 g/mol. The van der Waals surface area contributed by atoms with Crippen LogP contribution in [-0.4, -0.2) is 29.5 Å². The van der Waals surface area contributed by atoms with E-state index < -0.39 is 12.0 Å². The Balaban J connectivity index is 1.73. The van der Waals surface area contributed by atoms with Crippen molar-refractivity contribution in [3.8, 4) is 17.2 Å². The number of benzene rings is 2. The minimum atomic E-state index is -0.727. The first-order chi connectivity index (χ1) is 15.5. The second-order valence-corrected chi connectivity index (χ2v) is 8.29. The molecule has 2 aliphatic heterocycles. The fraction of sp³-hybridized carbons (Fsp3) is 0.174. The molecule has 1 aromatic heterocycles. The van der Waals surface area contributed by atoms with Gasteiger partial charge in [0.25, 0.3) is 5.56 Å². The lowest BCUT2D eigenvalue weighted by Gasteiger charge is -2.24. The van der Waals surface area contributed by atoms with Crippen LogP contribution in [0.15, 0.2) is 63.5 Å². The lowest BCUT2D eigenvalue weighted by atomic mass is 9.95. The number of phenolic OH excluding ortho intramolecular Hbond substituents is 1. The molecule has 5 rings (SSSR count). The number of hydrogen-bond donors (Lipinski definition) is 1. The summed E-state index contributed by atoms with van der Waals surface area (Å²) in [6.07, 6.45) is 1.73. The standard InChI is InChI=1S/C23H18N2O6S/c1-12-19(22(28)29-2)20(14-5-8-16-17(10-14)31-11-30-16)25-21(27)18(32-23(25)24-12)9-13-3-6-15(26)7-4-13/h3-10,20,26H,11H2,1-2H3. The molecule has 1 atom stereocenters. The summed E-state index contributed by atoms with van der Waals surface area (Å²) < 4.78 is 17.9. The van der Waals surface area contributed by atoms with Crippen LogP contribution < -0.4 is 24.4 Å². The number of methoxy groups -OCH3 is 1. The molecule has 0 bridgehead atoms. The van der Waals surface area contributed by atoms with Crippen LogP contribution in [0.5, 0.6) is 17.2 Å². The van der Waals surface area contributed by atoms with Gasteiger partial charge in [-0.25, -0.2) is 9.79 Å². The Hall–Kier alpha value is -3.85. The van der Waals surface area contributed by atoms with Crippen LogP contribution >= 0.6 is 11.3 Å². The Bertz CT molecular complexity index is 1450. The van der Waals surface area contributed by atoms with Crippen molar-refractivity contribution in [1.29, 1.82) is 0 Å². The smallest absolute Gasteiger partial charge is 0.338 e. The number of esters is 1. The number of aromatic hydroxyl groups is 1. The Morgan fingerprint density at radius 2 is 1.97 bits per heavy atom.